The second-order valence-corrected chi connectivity index (χ2v) is 11.8. The van der Waals surface area contributed by atoms with Gasteiger partial charge in [-0.3, -0.25) is 9.59 Å². The molecule has 0 aromatic heterocycles. The van der Waals surface area contributed by atoms with Gasteiger partial charge in [-0.05, 0) is 66.1 Å². The molecule has 2 aliphatic heterocycles. The normalized spacial score (nSPS) is 13.1. The van der Waals surface area contributed by atoms with Crippen LogP contribution in [-0.2, 0) is 16.0 Å². The average Bonchev–Trinajstić information content (AvgIpc) is 3.11. The Bertz CT molecular complexity index is 1880. The predicted octanol–water partition coefficient (Wildman–Crippen LogP) is 9.03. The minimum absolute atomic E-state index is 0.105. The third kappa shape index (κ3) is 5.51. The van der Waals surface area contributed by atoms with Gasteiger partial charge in [0, 0.05) is 33.6 Å². The first-order chi connectivity index (χ1) is 23.1. The fourth-order valence-electron chi connectivity index (χ4n) is 6.46. The Morgan fingerprint density at radius 3 is 1.04 bits per heavy atom. The van der Waals surface area contributed by atoms with E-state index in [-0.39, 0.29) is 11.8 Å². The molecule has 2 amide bonds. The molecule has 6 aromatic carbocycles. The summed E-state index contributed by atoms with van der Waals surface area (Å²) in [5, 5.41) is 6.21. The smallest absolute Gasteiger partial charge is 0.236 e. The van der Waals surface area contributed by atoms with E-state index < -0.39 is 11.8 Å². The molecule has 6 heteroatoms. The molecular weight excluding hydrogens is 584 g/mol. The van der Waals surface area contributed by atoms with Crippen LogP contribution in [0.15, 0.2) is 146 Å². The minimum atomic E-state index is -0.467. The zero-order valence-electron chi connectivity index (χ0n) is 25.4. The maximum absolute atomic E-state index is 13.6. The zero-order valence-corrected chi connectivity index (χ0v) is 25.4. The SMILES string of the molecule is O=C(Nc1ccc(Cc2ccc(NC(=O)C3c4ccccc4Oc4ccccc43)cc2)cc1)C1c2ccccc2Oc2ccccc21. The highest BCUT2D eigenvalue weighted by Gasteiger charge is 2.33. The van der Waals surface area contributed by atoms with Crippen molar-refractivity contribution in [1.29, 1.82) is 0 Å². The number of hydrogen-bond acceptors (Lipinski definition) is 4. The van der Waals surface area contributed by atoms with E-state index in [0.29, 0.717) is 29.4 Å². The van der Waals surface area contributed by atoms with Crippen molar-refractivity contribution in [2.45, 2.75) is 18.3 Å². The molecule has 0 spiro atoms. The first-order valence-corrected chi connectivity index (χ1v) is 15.6. The Morgan fingerprint density at radius 1 is 0.426 bits per heavy atom. The quantitative estimate of drug-likeness (QED) is 0.196. The number of ether oxygens (including phenoxy) is 2. The van der Waals surface area contributed by atoms with Crippen molar-refractivity contribution >= 4 is 23.2 Å². The first kappa shape index (κ1) is 28.3. The van der Waals surface area contributed by atoms with Crippen molar-refractivity contribution in [2.75, 3.05) is 10.6 Å². The van der Waals surface area contributed by atoms with Crippen molar-refractivity contribution < 1.29 is 19.1 Å². The lowest BCUT2D eigenvalue weighted by Gasteiger charge is -2.27. The molecule has 2 N–H and O–H groups in total. The summed E-state index contributed by atoms with van der Waals surface area (Å²) in [6.45, 7) is 0. The number of rotatable bonds is 6. The molecule has 6 nitrogen and oxygen atoms in total. The second kappa shape index (κ2) is 12.0. The molecule has 0 unspecified atom stereocenters. The molecule has 0 saturated heterocycles. The van der Waals surface area contributed by atoms with Crippen LogP contribution in [0.25, 0.3) is 0 Å². The Labute approximate surface area is 272 Å². The third-order valence-electron chi connectivity index (χ3n) is 8.74. The lowest BCUT2D eigenvalue weighted by Crippen LogP contribution is -2.25. The number of carbonyl (C=O) groups is 2. The van der Waals surface area contributed by atoms with Crippen molar-refractivity contribution in [3.05, 3.63) is 179 Å². The number of anilines is 2. The predicted molar refractivity (Wildman–Crippen MR) is 183 cm³/mol. The highest BCUT2D eigenvalue weighted by molar-refractivity contribution is 6.00. The fraction of sp³-hybridized carbons (Fsp3) is 0.0732. The van der Waals surface area contributed by atoms with Gasteiger partial charge in [0.1, 0.15) is 23.0 Å². The highest BCUT2D eigenvalue weighted by atomic mass is 16.5. The molecule has 0 saturated carbocycles. The fourth-order valence-corrected chi connectivity index (χ4v) is 6.46. The van der Waals surface area contributed by atoms with Gasteiger partial charge in [0.25, 0.3) is 0 Å². The van der Waals surface area contributed by atoms with E-state index in [1.165, 1.54) is 0 Å². The number of hydrogen-bond donors (Lipinski definition) is 2. The van der Waals surface area contributed by atoms with Gasteiger partial charge < -0.3 is 20.1 Å². The van der Waals surface area contributed by atoms with E-state index >= 15 is 0 Å². The number of benzene rings is 6. The number of nitrogens with one attached hydrogen (secondary N) is 2. The topological polar surface area (TPSA) is 76.7 Å². The Balaban J connectivity index is 0.933. The standard InChI is InChI=1S/C41H30N2O4/c44-40(38-30-9-1-5-13-34(30)46-35-14-6-2-10-31(35)38)42-28-21-17-26(18-22-28)25-27-19-23-29(24-20-27)43-41(45)39-32-11-3-7-15-36(32)47-37-16-8-4-12-33(37)39/h1-24,38-39H,25H2,(H,42,44)(H,43,45). The van der Waals surface area contributed by atoms with Gasteiger partial charge in [0.05, 0.1) is 11.8 Å². The van der Waals surface area contributed by atoms with Gasteiger partial charge in [-0.15, -0.1) is 0 Å². The van der Waals surface area contributed by atoms with Crippen LogP contribution in [0.2, 0.25) is 0 Å². The van der Waals surface area contributed by atoms with Gasteiger partial charge in [0.2, 0.25) is 11.8 Å². The summed E-state index contributed by atoms with van der Waals surface area (Å²) in [5.74, 6) is 1.66. The van der Waals surface area contributed by atoms with Crippen LogP contribution < -0.4 is 20.1 Å². The third-order valence-corrected chi connectivity index (χ3v) is 8.74. The van der Waals surface area contributed by atoms with Gasteiger partial charge >= 0.3 is 0 Å². The number of carbonyl (C=O) groups excluding carboxylic acids is 2. The largest absolute Gasteiger partial charge is 0.457 e. The van der Waals surface area contributed by atoms with Gasteiger partial charge in [-0.2, -0.15) is 0 Å². The molecule has 2 aliphatic rings. The molecular formula is C41H30N2O4. The summed E-state index contributed by atoms with van der Waals surface area (Å²) < 4.78 is 12.1. The van der Waals surface area contributed by atoms with Crippen LogP contribution in [0.5, 0.6) is 23.0 Å². The van der Waals surface area contributed by atoms with Crippen molar-refractivity contribution in [3.8, 4) is 23.0 Å². The van der Waals surface area contributed by atoms with Crippen LogP contribution in [-0.4, -0.2) is 11.8 Å². The summed E-state index contributed by atoms with van der Waals surface area (Å²) in [4.78, 5) is 27.2. The molecule has 2 heterocycles. The van der Waals surface area contributed by atoms with Crippen molar-refractivity contribution in [3.63, 3.8) is 0 Å². The summed E-state index contributed by atoms with van der Waals surface area (Å²) >= 11 is 0. The van der Waals surface area contributed by atoms with Gasteiger partial charge in [-0.25, -0.2) is 0 Å². The summed E-state index contributed by atoms with van der Waals surface area (Å²) in [6.07, 6.45) is 0.712. The molecule has 228 valence electrons. The maximum atomic E-state index is 13.6. The van der Waals surface area contributed by atoms with Gasteiger partial charge in [-0.1, -0.05) is 97.1 Å². The van der Waals surface area contributed by atoms with Crippen LogP contribution >= 0.6 is 0 Å². The molecule has 6 aromatic rings. The molecule has 47 heavy (non-hydrogen) atoms. The number of para-hydroxylation sites is 4. The van der Waals surface area contributed by atoms with Crippen molar-refractivity contribution in [1.82, 2.24) is 0 Å². The molecule has 0 radical (unpaired) electrons. The minimum Gasteiger partial charge on any atom is -0.457 e. The monoisotopic (exact) mass is 614 g/mol. The van der Waals surface area contributed by atoms with E-state index in [2.05, 4.69) is 10.6 Å². The van der Waals surface area contributed by atoms with Crippen LogP contribution in [0, 0.1) is 0 Å². The molecule has 0 atom stereocenters. The summed E-state index contributed by atoms with van der Waals surface area (Å²) in [5.41, 5.74) is 7.08. The van der Waals surface area contributed by atoms with E-state index in [9.17, 15) is 9.59 Å². The van der Waals surface area contributed by atoms with Crippen LogP contribution in [0.4, 0.5) is 11.4 Å². The Kier molecular flexibility index (Phi) is 7.23. The zero-order chi connectivity index (χ0) is 31.7. The number of amides is 2. The van der Waals surface area contributed by atoms with E-state index in [1.54, 1.807) is 0 Å². The van der Waals surface area contributed by atoms with E-state index in [0.717, 1.165) is 44.8 Å². The second-order valence-electron chi connectivity index (χ2n) is 11.8. The molecule has 0 fully saturated rings. The highest BCUT2D eigenvalue weighted by Crippen LogP contribution is 2.45. The Hall–Kier alpha value is -6.14. The van der Waals surface area contributed by atoms with E-state index in [1.807, 2.05) is 146 Å². The molecule has 8 rings (SSSR count). The van der Waals surface area contributed by atoms with E-state index in [4.69, 9.17) is 9.47 Å². The summed E-state index contributed by atoms with van der Waals surface area (Å²) in [7, 11) is 0. The lowest BCUT2D eigenvalue weighted by atomic mass is 9.87. The summed E-state index contributed by atoms with van der Waals surface area (Å²) in [6, 6.07) is 46.5. The average molecular weight is 615 g/mol. The first-order valence-electron chi connectivity index (χ1n) is 15.6. The number of fused-ring (bicyclic) bond motifs is 4. The van der Waals surface area contributed by atoms with Gasteiger partial charge in [0.15, 0.2) is 0 Å². The van der Waals surface area contributed by atoms with Crippen molar-refractivity contribution in [2.24, 2.45) is 0 Å². The van der Waals surface area contributed by atoms with Crippen LogP contribution in [0.1, 0.15) is 45.2 Å². The molecule has 0 bridgehead atoms. The Morgan fingerprint density at radius 2 is 0.723 bits per heavy atom. The maximum Gasteiger partial charge on any atom is 0.236 e. The van der Waals surface area contributed by atoms with Crippen LogP contribution in [0.3, 0.4) is 0 Å². The molecule has 0 aliphatic carbocycles. The lowest BCUT2D eigenvalue weighted by molar-refractivity contribution is -0.117.